The van der Waals surface area contributed by atoms with E-state index in [4.69, 9.17) is 5.73 Å². The summed E-state index contributed by atoms with van der Waals surface area (Å²) in [7, 11) is 1.73. The lowest BCUT2D eigenvalue weighted by molar-refractivity contribution is 0.407. The molecule has 1 aromatic rings. The van der Waals surface area contributed by atoms with E-state index in [-0.39, 0.29) is 0 Å². The molecule has 3 heteroatoms. The van der Waals surface area contributed by atoms with Crippen molar-refractivity contribution in [2.24, 2.45) is 10.7 Å². The molecule has 0 aliphatic heterocycles. The van der Waals surface area contributed by atoms with Crippen molar-refractivity contribution in [2.75, 3.05) is 13.6 Å². The molecule has 1 rings (SSSR count). The molecule has 3 nitrogen and oxygen atoms in total. The normalized spacial score (nSPS) is 11.5. The zero-order valence-electron chi connectivity index (χ0n) is 9.48. The molecular weight excluding hydrogens is 186 g/mol. The Labute approximate surface area is 91.6 Å². The monoisotopic (exact) mass is 205 g/mol. The van der Waals surface area contributed by atoms with E-state index in [9.17, 15) is 0 Å². The van der Waals surface area contributed by atoms with Crippen molar-refractivity contribution in [2.45, 2.75) is 19.9 Å². The summed E-state index contributed by atoms with van der Waals surface area (Å²) in [6, 6.07) is 10.3. The maximum atomic E-state index is 5.83. The van der Waals surface area contributed by atoms with E-state index in [1.165, 1.54) is 5.56 Å². The molecule has 1 aromatic carbocycles. The number of aliphatic imine (C=N–C) groups is 1. The summed E-state index contributed by atoms with van der Waals surface area (Å²) in [6.07, 6.45) is 1.07. The first-order valence-electron chi connectivity index (χ1n) is 5.29. The summed E-state index contributed by atoms with van der Waals surface area (Å²) >= 11 is 0. The van der Waals surface area contributed by atoms with Crippen LogP contribution in [0.2, 0.25) is 0 Å². The molecule has 0 radical (unpaired) electrons. The summed E-state index contributed by atoms with van der Waals surface area (Å²) in [4.78, 5) is 6.12. The Kier molecular flexibility index (Phi) is 4.68. The van der Waals surface area contributed by atoms with Gasteiger partial charge in [0, 0.05) is 20.1 Å². The fraction of sp³-hybridized carbons (Fsp3) is 0.417. The number of guanidine groups is 1. The molecule has 0 heterocycles. The topological polar surface area (TPSA) is 41.6 Å². The zero-order valence-corrected chi connectivity index (χ0v) is 9.48. The van der Waals surface area contributed by atoms with Crippen LogP contribution in [0.5, 0.6) is 0 Å². The minimum absolute atomic E-state index is 0.612. The lowest BCUT2D eigenvalue weighted by Crippen LogP contribution is -2.37. The minimum Gasteiger partial charge on any atom is -0.370 e. The van der Waals surface area contributed by atoms with Crippen LogP contribution in [0.4, 0.5) is 0 Å². The van der Waals surface area contributed by atoms with Crippen LogP contribution in [-0.2, 0) is 6.54 Å². The van der Waals surface area contributed by atoms with Gasteiger partial charge in [0.05, 0.1) is 0 Å². The van der Waals surface area contributed by atoms with E-state index in [0.717, 1.165) is 19.5 Å². The number of nitrogens with zero attached hydrogens (tertiary/aromatic N) is 2. The van der Waals surface area contributed by atoms with Gasteiger partial charge in [-0.15, -0.1) is 0 Å². The smallest absolute Gasteiger partial charge is 0.191 e. The van der Waals surface area contributed by atoms with Crippen LogP contribution in [0.3, 0.4) is 0 Å². The van der Waals surface area contributed by atoms with Gasteiger partial charge in [0.25, 0.3) is 0 Å². The number of hydrogen-bond donors (Lipinski definition) is 1. The predicted octanol–water partition coefficient (Wildman–Crippen LogP) is 1.84. The van der Waals surface area contributed by atoms with Crippen LogP contribution in [0, 0.1) is 0 Å². The molecule has 0 spiro atoms. The van der Waals surface area contributed by atoms with Gasteiger partial charge in [-0.1, -0.05) is 37.3 Å². The van der Waals surface area contributed by atoms with Gasteiger partial charge in [0.15, 0.2) is 5.96 Å². The number of benzene rings is 1. The van der Waals surface area contributed by atoms with Crippen molar-refractivity contribution in [3.63, 3.8) is 0 Å². The van der Waals surface area contributed by atoms with Crippen LogP contribution in [-0.4, -0.2) is 24.5 Å². The SMILES string of the molecule is CCCN(Cc1ccccc1)C(N)=NC. The number of hydrogen-bond acceptors (Lipinski definition) is 1. The van der Waals surface area contributed by atoms with Gasteiger partial charge in [0.1, 0.15) is 0 Å². The number of nitrogens with two attached hydrogens (primary N) is 1. The Hall–Kier alpha value is -1.51. The van der Waals surface area contributed by atoms with E-state index < -0.39 is 0 Å². The highest BCUT2D eigenvalue weighted by atomic mass is 15.2. The molecule has 15 heavy (non-hydrogen) atoms. The van der Waals surface area contributed by atoms with E-state index in [0.29, 0.717) is 5.96 Å². The van der Waals surface area contributed by atoms with Crippen LogP contribution in [0.25, 0.3) is 0 Å². The van der Waals surface area contributed by atoms with Gasteiger partial charge in [-0.05, 0) is 12.0 Å². The second-order valence-electron chi connectivity index (χ2n) is 3.49. The molecule has 0 aliphatic carbocycles. The molecule has 0 unspecified atom stereocenters. The zero-order chi connectivity index (χ0) is 11.1. The Morgan fingerprint density at radius 2 is 2.00 bits per heavy atom. The second-order valence-corrected chi connectivity index (χ2v) is 3.49. The van der Waals surface area contributed by atoms with Gasteiger partial charge in [-0.2, -0.15) is 0 Å². The Morgan fingerprint density at radius 3 is 2.53 bits per heavy atom. The second kappa shape index (κ2) is 6.06. The molecule has 0 saturated heterocycles. The molecule has 0 saturated carbocycles. The maximum absolute atomic E-state index is 5.83. The van der Waals surface area contributed by atoms with Crippen molar-refractivity contribution >= 4 is 5.96 Å². The first kappa shape index (κ1) is 11.6. The van der Waals surface area contributed by atoms with Gasteiger partial charge >= 0.3 is 0 Å². The molecule has 2 N–H and O–H groups in total. The average molecular weight is 205 g/mol. The lowest BCUT2D eigenvalue weighted by atomic mass is 10.2. The third-order valence-corrected chi connectivity index (χ3v) is 2.26. The quantitative estimate of drug-likeness (QED) is 0.602. The molecule has 0 atom stereocenters. The van der Waals surface area contributed by atoms with Gasteiger partial charge in [-0.25, -0.2) is 0 Å². The molecule has 0 amide bonds. The highest BCUT2D eigenvalue weighted by Gasteiger charge is 2.06. The highest BCUT2D eigenvalue weighted by Crippen LogP contribution is 2.04. The molecule has 0 fully saturated rings. The Bertz CT molecular complexity index is 306. The Balaban J connectivity index is 2.67. The lowest BCUT2D eigenvalue weighted by Gasteiger charge is -2.22. The van der Waals surface area contributed by atoms with Crippen molar-refractivity contribution in [3.05, 3.63) is 35.9 Å². The fourth-order valence-electron chi connectivity index (χ4n) is 1.49. The Morgan fingerprint density at radius 1 is 1.33 bits per heavy atom. The first-order chi connectivity index (χ1) is 7.27. The van der Waals surface area contributed by atoms with Crippen molar-refractivity contribution in [1.82, 2.24) is 4.90 Å². The van der Waals surface area contributed by atoms with Gasteiger partial charge in [0.2, 0.25) is 0 Å². The fourth-order valence-corrected chi connectivity index (χ4v) is 1.49. The third kappa shape index (κ3) is 3.62. The van der Waals surface area contributed by atoms with Crippen molar-refractivity contribution < 1.29 is 0 Å². The maximum Gasteiger partial charge on any atom is 0.191 e. The summed E-state index contributed by atoms with van der Waals surface area (Å²) in [6.45, 7) is 3.91. The minimum atomic E-state index is 0.612. The van der Waals surface area contributed by atoms with Gasteiger partial charge in [-0.3, -0.25) is 4.99 Å². The van der Waals surface area contributed by atoms with E-state index in [1.807, 2.05) is 18.2 Å². The summed E-state index contributed by atoms with van der Waals surface area (Å²) in [5.74, 6) is 0.612. The molecular formula is C12H19N3. The standard InChI is InChI=1S/C12H19N3/c1-3-9-15(12(13)14-2)10-11-7-5-4-6-8-11/h4-8H,3,9-10H2,1-2H3,(H2,13,14). The van der Waals surface area contributed by atoms with Crippen LogP contribution < -0.4 is 5.73 Å². The predicted molar refractivity (Wildman–Crippen MR) is 64.7 cm³/mol. The largest absolute Gasteiger partial charge is 0.370 e. The molecule has 82 valence electrons. The average Bonchev–Trinajstić information content (AvgIpc) is 2.29. The number of rotatable bonds is 4. The first-order valence-corrected chi connectivity index (χ1v) is 5.29. The molecule has 0 bridgehead atoms. The van der Waals surface area contributed by atoms with Crippen LogP contribution in [0.15, 0.2) is 35.3 Å². The highest BCUT2D eigenvalue weighted by molar-refractivity contribution is 5.77. The molecule has 0 aromatic heterocycles. The van der Waals surface area contributed by atoms with Crippen LogP contribution in [0.1, 0.15) is 18.9 Å². The van der Waals surface area contributed by atoms with E-state index >= 15 is 0 Å². The summed E-state index contributed by atoms with van der Waals surface area (Å²) in [5, 5.41) is 0. The molecule has 0 aliphatic rings. The van der Waals surface area contributed by atoms with E-state index in [2.05, 4.69) is 28.9 Å². The van der Waals surface area contributed by atoms with Gasteiger partial charge < -0.3 is 10.6 Å². The van der Waals surface area contributed by atoms with Crippen LogP contribution >= 0.6 is 0 Å². The van der Waals surface area contributed by atoms with E-state index in [1.54, 1.807) is 7.05 Å². The van der Waals surface area contributed by atoms with Crippen molar-refractivity contribution in [1.29, 1.82) is 0 Å². The van der Waals surface area contributed by atoms with Crippen molar-refractivity contribution in [3.8, 4) is 0 Å². The third-order valence-electron chi connectivity index (χ3n) is 2.26. The summed E-state index contributed by atoms with van der Waals surface area (Å²) in [5.41, 5.74) is 7.09. The summed E-state index contributed by atoms with van der Waals surface area (Å²) < 4.78 is 0.